The summed E-state index contributed by atoms with van der Waals surface area (Å²) in [6, 6.07) is 10.7. The van der Waals surface area contributed by atoms with Crippen LogP contribution in [-0.2, 0) is 6.42 Å². The van der Waals surface area contributed by atoms with Crippen molar-refractivity contribution in [1.29, 1.82) is 0 Å². The summed E-state index contributed by atoms with van der Waals surface area (Å²) in [6.45, 7) is 10.1. The molecule has 0 bridgehead atoms. The van der Waals surface area contributed by atoms with Crippen LogP contribution in [0.4, 0.5) is 0 Å². The van der Waals surface area contributed by atoms with Crippen LogP contribution in [0.5, 0.6) is 11.5 Å². The Morgan fingerprint density at radius 1 is 0.906 bits per heavy atom. The van der Waals surface area contributed by atoms with Gasteiger partial charge in [-0.15, -0.1) is 0 Å². The van der Waals surface area contributed by atoms with Crippen molar-refractivity contribution in [1.82, 2.24) is 4.90 Å². The highest BCUT2D eigenvalue weighted by Crippen LogP contribution is 2.33. The summed E-state index contributed by atoms with van der Waals surface area (Å²) in [7, 11) is 3.40. The van der Waals surface area contributed by atoms with E-state index < -0.39 is 0 Å². The van der Waals surface area contributed by atoms with Gasteiger partial charge in [-0.2, -0.15) is 0 Å². The molecule has 0 radical (unpaired) electrons. The zero-order chi connectivity index (χ0) is 23.8. The van der Waals surface area contributed by atoms with Gasteiger partial charge in [-0.05, 0) is 70.0 Å². The summed E-state index contributed by atoms with van der Waals surface area (Å²) in [5.74, 6) is 1.28. The van der Waals surface area contributed by atoms with E-state index in [1.165, 1.54) is 4.90 Å². The molecule has 172 valence electrons. The molecule has 2 aromatic rings. The Labute approximate surface area is 192 Å². The van der Waals surface area contributed by atoms with Crippen molar-refractivity contribution in [3.05, 3.63) is 64.7 Å². The Kier molecular flexibility index (Phi) is 9.06. The monoisotopic (exact) mass is 437 g/mol. The highest BCUT2D eigenvalue weighted by molar-refractivity contribution is 6.07. The van der Waals surface area contributed by atoms with Gasteiger partial charge in [0, 0.05) is 36.9 Å². The van der Waals surface area contributed by atoms with Gasteiger partial charge in [0.25, 0.3) is 5.91 Å². The van der Waals surface area contributed by atoms with Crippen LogP contribution in [0.3, 0.4) is 0 Å². The third-order valence-electron chi connectivity index (χ3n) is 4.67. The SMILES string of the molecule is CCCc1cc(/C=C/C(=O)c2ccc(C(=O)N(C)C)cc2)c(OC(C)C)cc1OC(C)C. The van der Waals surface area contributed by atoms with Gasteiger partial charge in [0.15, 0.2) is 5.78 Å². The van der Waals surface area contributed by atoms with E-state index in [9.17, 15) is 9.59 Å². The second-order valence-corrected chi connectivity index (χ2v) is 8.56. The number of carbonyl (C=O) groups excluding carboxylic acids is 2. The van der Waals surface area contributed by atoms with E-state index >= 15 is 0 Å². The lowest BCUT2D eigenvalue weighted by molar-refractivity contribution is 0.0827. The average Bonchev–Trinajstić information content (AvgIpc) is 2.73. The fraction of sp³-hybridized carbons (Fsp3) is 0.407. The normalized spacial score (nSPS) is 11.3. The maximum atomic E-state index is 12.7. The van der Waals surface area contributed by atoms with E-state index in [0.717, 1.165) is 29.7 Å². The summed E-state index contributed by atoms with van der Waals surface area (Å²) in [5, 5.41) is 0. The molecular weight excluding hydrogens is 402 g/mol. The second-order valence-electron chi connectivity index (χ2n) is 8.56. The number of hydrogen-bond acceptors (Lipinski definition) is 4. The number of ether oxygens (including phenoxy) is 2. The fourth-order valence-corrected chi connectivity index (χ4v) is 3.24. The van der Waals surface area contributed by atoms with Crippen LogP contribution in [0.1, 0.15) is 72.9 Å². The average molecular weight is 438 g/mol. The zero-order valence-electron chi connectivity index (χ0n) is 20.3. The molecule has 32 heavy (non-hydrogen) atoms. The first-order valence-electron chi connectivity index (χ1n) is 11.2. The van der Waals surface area contributed by atoms with Gasteiger partial charge in [0.2, 0.25) is 0 Å². The molecule has 0 aromatic heterocycles. The van der Waals surface area contributed by atoms with Crippen LogP contribution >= 0.6 is 0 Å². The molecule has 0 N–H and O–H groups in total. The van der Waals surface area contributed by atoms with Crippen LogP contribution in [-0.4, -0.2) is 42.9 Å². The molecule has 0 atom stereocenters. The molecule has 2 aromatic carbocycles. The summed E-state index contributed by atoms with van der Waals surface area (Å²) in [4.78, 5) is 26.3. The van der Waals surface area contributed by atoms with E-state index in [2.05, 4.69) is 6.92 Å². The van der Waals surface area contributed by atoms with Crippen molar-refractivity contribution in [3.8, 4) is 11.5 Å². The molecule has 0 heterocycles. The first-order chi connectivity index (χ1) is 15.1. The summed E-state index contributed by atoms with van der Waals surface area (Å²) in [6.07, 6.45) is 5.24. The van der Waals surface area contributed by atoms with Crippen molar-refractivity contribution in [2.75, 3.05) is 14.1 Å². The first kappa shape index (κ1) is 25.2. The Hall–Kier alpha value is -3.08. The number of rotatable bonds is 10. The summed E-state index contributed by atoms with van der Waals surface area (Å²) >= 11 is 0. The molecule has 0 fully saturated rings. The lowest BCUT2D eigenvalue weighted by Gasteiger charge is -2.19. The standard InChI is InChI=1S/C27H35NO4/c1-8-9-22-16-23(26(32-19(4)5)17-25(22)31-18(2)3)14-15-24(29)20-10-12-21(13-11-20)27(30)28(6)7/h10-19H,8-9H2,1-7H3/b15-14+. The Bertz CT molecular complexity index is 956. The number of aryl methyl sites for hydroxylation is 1. The third-order valence-corrected chi connectivity index (χ3v) is 4.67. The number of amides is 1. The minimum absolute atomic E-state index is 0.0106. The number of ketones is 1. The quantitative estimate of drug-likeness (QED) is 0.348. The highest BCUT2D eigenvalue weighted by atomic mass is 16.5. The molecule has 5 nitrogen and oxygen atoms in total. The van der Waals surface area contributed by atoms with E-state index in [-0.39, 0.29) is 23.9 Å². The number of hydrogen-bond donors (Lipinski definition) is 0. The van der Waals surface area contributed by atoms with Crippen molar-refractivity contribution < 1.29 is 19.1 Å². The number of benzene rings is 2. The molecule has 0 aliphatic carbocycles. The molecule has 5 heteroatoms. The molecular formula is C27H35NO4. The zero-order valence-corrected chi connectivity index (χ0v) is 20.3. The van der Waals surface area contributed by atoms with Crippen molar-refractivity contribution >= 4 is 17.8 Å². The van der Waals surface area contributed by atoms with Crippen molar-refractivity contribution in [3.63, 3.8) is 0 Å². The van der Waals surface area contributed by atoms with Gasteiger partial charge in [-0.3, -0.25) is 9.59 Å². The minimum Gasteiger partial charge on any atom is -0.491 e. The van der Waals surface area contributed by atoms with E-state index in [0.29, 0.717) is 16.9 Å². The summed E-state index contributed by atoms with van der Waals surface area (Å²) in [5.41, 5.74) is 3.01. The molecule has 0 saturated carbocycles. The van der Waals surface area contributed by atoms with Gasteiger partial charge >= 0.3 is 0 Å². The summed E-state index contributed by atoms with van der Waals surface area (Å²) < 4.78 is 12.0. The van der Waals surface area contributed by atoms with Crippen molar-refractivity contribution in [2.45, 2.75) is 59.7 Å². The number of carbonyl (C=O) groups is 2. The highest BCUT2D eigenvalue weighted by Gasteiger charge is 2.14. The lowest BCUT2D eigenvalue weighted by atomic mass is 10.0. The molecule has 0 saturated heterocycles. The van der Waals surface area contributed by atoms with Crippen molar-refractivity contribution in [2.24, 2.45) is 0 Å². The van der Waals surface area contributed by atoms with Crippen LogP contribution < -0.4 is 9.47 Å². The predicted octanol–water partition coefficient (Wildman–Crippen LogP) is 5.81. The van der Waals surface area contributed by atoms with Gasteiger partial charge < -0.3 is 14.4 Å². The maximum absolute atomic E-state index is 12.7. The van der Waals surface area contributed by atoms with Gasteiger partial charge in [0.1, 0.15) is 11.5 Å². The Morgan fingerprint density at radius 2 is 1.47 bits per heavy atom. The Morgan fingerprint density at radius 3 is 2.00 bits per heavy atom. The molecule has 2 rings (SSSR count). The minimum atomic E-state index is -0.135. The second kappa shape index (κ2) is 11.5. The van der Waals surface area contributed by atoms with E-state index in [4.69, 9.17) is 9.47 Å². The Balaban J connectivity index is 2.35. The molecule has 0 unspecified atom stereocenters. The molecule has 1 amide bonds. The molecule has 0 spiro atoms. The largest absolute Gasteiger partial charge is 0.491 e. The number of nitrogens with zero attached hydrogens (tertiary/aromatic N) is 1. The predicted molar refractivity (Wildman–Crippen MR) is 130 cm³/mol. The molecule has 0 aliphatic rings. The maximum Gasteiger partial charge on any atom is 0.253 e. The number of allylic oxidation sites excluding steroid dienone is 1. The molecule has 0 aliphatic heterocycles. The van der Waals surface area contributed by atoms with Gasteiger partial charge in [-0.1, -0.05) is 25.5 Å². The van der Waals surface area contributed by atoms with Crippen LogP contribution in [0, 0.1) is 0 Å². The van der Waals surface area contributed by atoms with Gasteiger partial charge in [0.05, 0.1) is 12.2 Å². The van der Waals surface area contributed by atoms with Crippen LogP contribution in [0.2, 0.25) is 0 Å². The third kappa shape index (κ3) is 6.98. The topological polar surface area (TPSA) is 55.8 Å². The fourth-order valence-electron chi connectivity index (χ4n) is 3.24. The van der Waals surface area contributed by atoms with Gasteiger partial charge in [-0.25, -0.2) is 0 Å². The van der Waals surface area contributed by atoms with E-state index in [1.807, 2.05) is 39.8 Å². The lowest BCUT2D eigenvalue weighted by Crippen LogP contribution is -2.21. The first-order valence-corrected chi connectivity index (χ1v) is 11.2. The smallest absolute Gasteiger partial charge is 0.253 e. The van der Waals surface area contributed by atoms with Crippen LogP contribution in [0.15, 0.2) is 42.5 Å². The van der Waals surface area contributed by atoms with E-state index in [1.54, 1.807) is 50.5 Å². The van der Waals surface area contributed by atoms with Crippen LogP contribution in [0.25, 0.3) is 6.08 Å².